The van der Waals surface area contributed by atoms with Crippen molar-refractivity contribution in [3.05, 3.63) is 96.0 Å². The highest BCUT2D eigenvalue weighted by Gasteiger charge is 2.24. The van der Waals surface area contributed by atoms with Crippen LogP contribution in [0, 0.1) is 11.8 Å². The summed E-state index contributed by atoms with van der Waals surface area (Å²) in [6.07, 6.45) is 6.85. The van der Waals surface area contributed by atoms with Crippen molar-refractivity contribution in [1.82, 2.24) is 10.2 Å². The summed E-state index contributed by atoms with van der Waals surface area (Å²) in [7, 11) is 0. The summed E-state index contributed by atoms with van der Waals surface area (Å²) in [6.45, 7) is 0. The first-order valence-electron chi connectivity index (χ1n) is 10.3. The molecule has 0 radical (unpaired) electrons. The highest BCUT2D eigenvalue weighted by molar-refractivity contribution is 7.99. The summed E-state index contributed by atoms with van der Waals surface area (Å²) in [6, 6.07) is 25.7. The third kappa shape index (κ3) is 3.44. The van der Waals surface area contributed by atoms with E-state index in [9.17, 15) is 0 Å². The van der Waals surface area contributed by atoms with Crippen molar-refractivity contribution in [1.29, 1.82) is 0 Å². The van der Waals surface area contributed by atoms with Gasteiger partial charge in [-0.1, -0.05) is 71.4 Å². The van der Waals surface area contributed by atoms with Gasteiger partial charge in [-0.3, -0.25) is 0 Å². The zero-order chi connectivity index (χ0) is 21.3. The zero-order valence-electron chi connectivity index (χ0n) is 17.0. The monoisotopic (exact) mass is 447 g/mol. The standard InChI is InChI=1S/C27H17N3S2/c1-2-4-10-19(9-3-1)26-28-29-27(32-26)20-15-17-21(18-16-20)30-22-11-5-7-13-24(22)31-25-14-8-6-12-23(25)30/h1,3,5-9,11-18H,2H2. The number of aromatic nitrogens is 2. The molecule has 0 fully saturated rings. The first-order valence-corrected chi connectivity index (χ1v) is 12.0. The van der Waals surface area contributed by atoms with Gasteiger partial charge in [-0.2, -0.15) is 0 Å². The summed E-state index contributed by atoms with van der Waals surface area (Å²) in [5.74, 6) is 6.31. The number of anilines is 3. The SMILES string of the molecule is C1#CC(c2nnc(-c3ccc(N4c5ccccc5Sc5ccccc54)cc3)s2)=CC=CC1. The summed E-state index contributed by atoms with van der Waals surface area (Å²) in [5, 5.41) is 10.6. The molecule has 0 amide bonds. The second kappa shape index (κ2) is 8.16. The molecular formula is C27H17N3S2. The van der Waals surface area contributed by atoms with Crippen molar-refractivity contribution >= 4 is 45.7 Å². The number of nitrogens with zero attached hydrogens (tertiary/aromatic N) is 3. The topological polar surface area (TPSA) is 29.0 Å². The predicted octanol–water partition coefficient (Wildman–Crippen LogP) is 7.49. The normalized spacial score (nSPS) is 14.0. The Morgan fingerprint density at radius 1 is 0.781 bits per heavy atom. The Hall–Kier alpha value is -3.59. The van der Waals surface area contributed by atoms with Crippen molar-refractivity contribution in [3.63, 3.8) is 0 Å². The zero-order valence-corrected chi connectivity index (χ0v) is 18.7. The second-order valence-corrected chi connectivity index (χ2v) is 9.41. The fraction of sp³-hybridized carbons (Fsp3) is 0.0370. The molecule has 152 valence electrons. The maximum absolute atomic E-state index is 4.43. The number of fused-ring (bicyclic) bond motifs is 2. The quantitative estimate of drug-likeness (QED) is 0.268. The third-order valence-electron chi connectivity index (χ3n) is 5.30. The first kappa shape index (κ1) is 19.1. The van der Waals surface area contributed by atoms with Crippen LogP contribution in [0.3, 0.4) is 0 Å². The summed E-state index contributed by atoms with van der Waals surface area (Å²) in [4.78, 5) is 4.85. The molecular weight excluding hydrogens is 430 g/mol. The summed E-state index contributed by atoms with van der Waals surface area (Å²) in [5.41, 5.74) is 5.52. The van der Waals surface area contributed by atoms with E-state index in [2.05, 4.69) is 106 Å². The van der Waals surface area contributed by atoms with Crippen LogP contribution in [0.25, 0.3) is 16.1 Å². The van der Waals surface area contributed by atoms with Crippen molar-refractivity contribution in [3.8, 4) is 22.4 Å². The van der Waals surface area contributed by atoms with Gasteiger partial charge in [0, 0.05) is 27.5 Å². The average molecular weight is 448 g/mol. The molecule has 0 atom stereocenters. The predicted molar refractivity (Wildman–Crippen MR) is 134 cm³/mol. The van der Waals surface area contributed by atoms with E-state index >= 15 is 0 Å². The molecule has 6 rings (SSSR count). The van der Waals surface area contributed by atoms with Gasteiger partial charge in [0.1, 0.15) is 5.01 Å². The van der Waals surface area contributed by atoms with Crippen LogP contribution in [0.2, 0.25) is 0 Å². The Morgan fingerprint density at radius 3 is 2.22 bits per heavy atom. The lowest BCUT2D eigenvalue weighted by atomic mass is 10.1. The molecule has 1 aliphatic carbocycles. The highest BCUT2D eigenvalue weighted by Crippen LogP contribution is 2.51. The molecule has 0 N–H and O–H groups in total. The van der Waals surface area contributed by atoms with Gasteiger partial charge >= 0.3 is 0 Å². The van der Waals surface area contributed by atoms with E-state index in [-0.39, 0.29) is 0 Å². The minimum atomic E-state index is 0.772. The molecule has 1 aliphatic heterocycles. The van der Waals surface area contributed by atoms with Gasteiger partial charge in [-0.25, -0.2) is 0 Å². The van der Waals surface area contributed by atoms with Crippen LogP contribution in [0.1, 0.15) is 11.4 Å². The van der Waals surface area contributed by atoms with E-state index in [4.69, 9.17) is 0 Å². The van der Waals surface area contributed by atoms with Gasteiger partial charge in [0.05, 0.1) is 16.9 Å². The van der Waals surface area contributed by atoms with Gasteiger partial charge in [-0.05, 0) is 54.6 Å². The van der Waals surface area contributed by atoms with Gasteiger partial charge in [0.25, 0.3) is 0 Å². The molecule has 3 nitrogen and oxygen atoms in total. The molecule has 0 spiro atoms. The smallest absolute Gasteiger partial charge is 0.156 e. The van der Waals surface area contributed by atoms with Gasteiger partial charge in [0.2, 0.25) is 0 Å². The first-order chi connectivity index (χ1) is 15.9. The second-order valence-electron chi connectivity index (χ2n) is 7.35. The molecule has 0 unspecified atom stereocenters. The van der Waals surface area contributed by atoms with Crippen LogP contribution in [0.5, 0.6) is 0 Å². The molecule has 0 saturated heterocycles. The number of hydrogen-bond donors (Lipinski definition) is 0. The van der Waals surface area contributed by atoms with Crippen LogP contribution in [0.15, 0.2) is 101 Å². The molecule has 2 heterocycles. The minimum absolute atomic E-state index is 0.772. The molecule has 4 aromatic rings. The number of benzene rings is 3. The average Bonchev–Trinajstić information content (AvgIpc) is 3.18. The highest BCUT2D eigenvalue weighted by atomic mass is 32.2. The summed E-state index contributed by atoms with van der Waals surface area (Å²) < 4.78 is 0. The molecule has 32 heavy (non-hydrogen) atoms. The fourth-order valence-electron chi connectivity index (χ4n) is 3.79. The maximum atomic E-state index is 4.43. The van der Waals surface area contributed by atoms with Crippen LogP contribution < -0.4 is 4.90 Å². The Bertz CT molecular complexity index is 1390. The van der Waals surface area contributed by atoms with Gasteiger partial charge < -0.3 is 4.90 Å². The van der Waals surface area contributed by atoms with Crippen molar-refractivity contribution in [2.45, 2.75) is 16.2 Å². The van der Waals surface area contributed by atoms with E-state index in [1.54, 1.807) is 11.3 Å². The van der Waals surface area contributed by atoms with E-state index in [0.717, 1.165) is 33.3 Å². The van der Waals surface area contributed by atoms with E-state index < -0.39 is 0 Å². The molecule has 0 saturated carbocycles. The molecule has 2 aliphatic rings. The largest absolute Gasteiger partial charge is 0.308 e. The number of allylic oxidation sites excluding steroid dienone is 4. The van der Waals surface area contributed by atoms with Crippen molar-refractivity contribution < 1.29 is 0 Å². The Labute approximate surface area is 195 Å². The van der Waals surface area contributed by atoms with Crippen molar-refractivity contribution in [2.24, 2.45) is 0 Å². The molecule has 1 aromatic heterocycles. The fourth-order valence-corrected chi connectivity index (χ4v) is 5.68. The van der Waals surface area contributed by atoms with Gasteiger partial charge in [-0.15, -0.1) is 10.2 Å². The number of hydrogen-bond acceptors (Lipinski definition) is 5. The molecule has 5 heteroatoms. The molecule has 3 aromatic carbocycles. The van der Waals surface area contributed by atoms with E-state index in [1.807, 2.05) is 23.9 Å². The van der Waals surface area contributed by atoms with Crippen LogP contribution >= 0.6 is 23.1 Å². The number of para-hydroxylation sites is 2. The number of rotatable bonds is 3. The lowest BCUT2D eigenvalue weighted by Gasteiger charge is -2.32. The van der Waals surface area contributed by atoms with E-state index in [0.29, 0.717) is 0 Å². The van der Waals surface area contributed by atoms with Crippen LogP contribution in [-0.2, 0) is 0 Å². The van der Waals surface area contributed by atoms with Crippen LogP contribution in [0.4, 0.5) is 17.1 Å². The van der Waals surface area contributed by atoms with Gasteiger partial charge in [0.15, 0.2) is 5.01 Å². The third-order valence-corrected chi connectivity index (χ3v) is 7.44. The minimum Gasteiger partial charge on any atom is -0.308 e. The maximum Gasteiger partial charge on any atom is 0.156 e. The van der Waals surface area contributed by atoms with Crippen molar-refractivity contribution in [2.75, 3.05) is 4.90 Å². The van der Waals surface area contributed by atoms with E-state index in [1.165, 1.54) is 21.2 Å². The van der Waals surface area contributed by atoms with Crippen LogP contribution in [-0.4, -0.2) is 10.2 Å². The Balaban J connectivity index is 1.36. The Kier molecular flexibility index (Phi) is 4.87. The Morgan fingerprint density at radius 2 is 1.47 bits per heavy atom. The molecule has 0 bridgehead atoms. The lowest BCUT2D eigenvalue weighted by molar-refractivity contribution is 1.08. The lowest BCUT2D eigenvalue weighted by Crippen LogP contribution is -2.14. The summed E-state index contributed by atoms with van der Waals surface area (Å²) >= 11 is 3.40.